The average Bonchev–Trinajstić information content (AvgIpc) is 2.50. The van der Waals surface area contributed by atoms with Gasteiger partial charge >= 0.3 is 0 Å². The maximum atomic E-state index is 10.9. The Morgan fingerprint density at radius 3 is 2.33 bits per heavy atom. The number of likely N-dealkylation sites (N-methyl/N-ethyl adjacent to an activating group) is 2. The topological polar surface area (TPSA) is 54.0 Å². The standard InChI is InChI=1S/C15H31N3O3/c1-16-15(19)14-21-12-5-3-4-11-20-13-10-18-8-6-17(2)7-9-18/h3-14H2,1-2H3,(H,16,19). The molecule has 0 atom stereocenters. The van der Waals surface area contributed by atoms with E-state index in [1.807, 2.05) is 0 Å². The van der Waals surface area contributed by atoms with Crippen LogP contribution in [0.3, 0.4) is 0 Å². The molecule has 0 unspecified atom stereocenters. The fraction of sp³-hybridized carbons (Fsp3) is 0.933. The van der Waals surface area contributed by atoms with E-state index in [9.17, 15) is 4.79 Å². The predicted octanol–water partition coefficient (Wildman–Crippen LogP) is 0.183. The third-order valence-corrected chi connectivity index (χ3v) is 3.74. The molecule has 124 valence electrons. The molecule has 6 heteroatoms. The van der Waals surface area contributed by atoms with E-state index >= 15 is 0 Å². The van der Waals surface area contributed by atoms with Crippen molar-refractivity contribution in [1.82, 2.24) is 15.1 Å². The first kappa shape index (κ1) is 18.4. The summed E-state index contributed by atoms with van der Waals surface area (Å²) in [5, 5.41) is 2.53. The van der Waals surface area contributed by atoms with E-state index in [-0.39, 0.29) is 12.5 Å². The van der Waals surface area contributed by atoms with Crippen molar-refractivity contribution in [3.05, 3.63) is 0 Å². The maximum Gasteiger partial charge on any atom is 0.245 e. The zero-order chi connectivity index (χ0) is 15.3. The molecule has 21 heavy (non-hydrogen) atoms. The summed E-state index contributed by atoms with van der Waals surface area (Å²) in [5.74, 6) is -0.0674. The van der Waals surface area contributed by atoms with E-state index in [0.717, 1.165) is 65.2 Å². The number of hydrogen-bond acceptors (Lipinski definition) is 5. The quantitative estimate of drug-likeness (QED) is 0.552. The van der Waals surface area contributed by atoms with Crippen LogP contribution in [0.4, 0.5) is 0 Å². The average molecular weight is 301 g/mol. The summed E-state index contributed by atoms with van der Waals surface area (Å²) in [5.41, 5.74) is 0. The summed E-state index contributed by atoms with van der Waals surface area (Å²) in [6, 6.07) is 0. The van der Waals surface area contributed by atoms with Crippen LogP contribution in [0.2, 0.25) is 0 Å². The van der Waals surface area contributed by atoms with Crippen LogP contribution < -0.4 is 5.32 Å². The van der Waals surface area contributed by atoms with Crippen molar-refractivity contribution in [1.29, 1.82) is 0 Å². The number of carbonyl (C=O) groups excluding carboxylic acids is 1. The molecular weight excluding hydrogens is 270 g/mol. The van der Waals surface area contributed by atoms with Gasteiger partial charge in [-0.2, -0.15) is 0 Å². The monoisotopic (exact) mass is 301 g/mol. The van der Waals surface area contributed by atoms with Gasteiger partial charge in [-0.25, -0.2) is 0 Å². The minimum Gasteiger partial charge on any atom is -0.380 e. The van der Waals surface area contributed by atoms with Gasteiger partial charge in [-0.1, -0.05) is 0 Å². The molecule has 1 saturated heterocycles. The second kappa shape index (κ2) is 11.9. The van der Waals surface area contributed by atoms with Crippen molar-refractivity contribution in [2.24, 2.45) is 0 Å². The third-order valence-electron chi connectivity index (χ3n) is 3.74. The molecule has 1 rings (SSSR count). The van der Waals surface area contributed by atoms with Gasteiger partial charge in [-0.05, 0) is 26.3 Å². The first-order valence-electron chi connectivity index (χ1n) is 7.99. The summed E-state index contributed by atoms with van der Waals surface area (Å²) < 4.78 is 10.9. The zero-order valence-corrected chi connectivity index (χ0v) is 13.6. The van der Waals surface area contributed by atoms with Crippen LogP contribution in [0.1, 0.15) is 19.3 Å². The first-order valence-corrected chi connectivity index (χ1v) is 7.99. The lowest BCUT2D eigenvalue weighted by molar-refractivity contribution is -0.125. The summed E-state index contributed by atoms with van der Waals surface area (Å²) in [7, 11) is 3.79. The van der Waals surface area contributed by atoms with Gasteiger partial charge in [0.25, 0.3) is 0 Å². The number of rotatable bonds is 11. The molecule has 0 bridgehead atoms. The van der Waals surface area contributed by atoms with Gasteiger partial charge in [0, 0.05) is 53.0 Å². The Labute approximate surface area is 128 Å². The molecule has 0 radical (unpaired) electrons. The summed E-state index contributed by atoms with van der Waals surface area (Å²) in [4.78, 5) is 15.7. The molecule has 1 heterocycles. The molecule has 0 aromatic rings. The van der Waals surface area contributed by atoms with E-state index in [4.69, 9.17) is 9.47 Å². The lowest BCUT2D eigenvalue weighted by Gasteiger charge is -2.32. The Bertz CT molecular complexity index is 269. The second-order valence-electron chi connectivity index (χ2n) is 5.54. The molecule has 1 fully saturated rings. The van der Waals surface area contributed by atoms with E-state index in [1.165, 1.54) is 0 Å². The van der Waals surface area contributed by atoms with E-state index in [1.54, 1.807) is 7.05 Å². The fourth-order valence-corrected chi connectivity index (χ4v) is 2.19. The van der Waals surface area contributed by atoms with Gasteiger partial charge in [0.15, 0.2) is 0 Å². The van der Waals surface area contributed by atoms with Crippen LogP contribution in [0.25, 0.3) is 0 Å². The number of hydrogen-bond donors (Lipinski definition) is 1. The van der Waals surface area contributed by atoms with E-state index < -0.39 is 0 Å². The molecule has 1 aliphatic rings. The smallest absolute Gasteiger partial charge is 0.245 e. The third kappa shape index (κ3) is 9.79. The Balaban J connectivity index is 1.77. The number of piperazine rings is 1. The molecule has 0 aromatic heterocycles. The SMILES string of the molecule is CNC(=O)COCCCCCOCCN1CCN(C)CC1. The number of amides is 1. The Morgan fingerprint density at radius 1 is 1.00 bits per heavy atom. The molecule has 1 N–H and O–H groups in total. The lowest BCUT2D eigenvalue weighted by Crippen LogP contribution is -2.45. The van der Waals surface area contributed by atoms with Crippen molar-refractivity contribution in [2.75, 3.05) is 73.2 Å². The van der Waals surface area contributed by atoms with E-state index in [2.05, 4.69) is 22.2 Å². The number of carbonyl (C=O) groups is 1. The second-order valence-corrected chi connectivity index (χ2v) is 5.54. The van der Waals surface area contributed by atoms with Crippen molar-refractivity contribution < 1.29 is 14.3 Å². The van der Waals surface area contributed by atoms with Gasteiger partial charge in [0.05, 0.1) is 6.61 Å². The molecule has 0 aliphatic carbocycles. The summed E-state index contributed by atoms with van der Waals surface area (Å²) in [6.45, 7) is 8.15. The van der Waals surface area contributed by atoms with Gasteiger partial charge < -0.3 is 19.7 Å². The molecule has 1 aliphatic heterocycles. The van der Waals surface area contributed by atoms with Gasteiger partial charge in [-0.3, -0.25) is 9.69 Å². The molecule has 0 aromatic carbocycles. The van der Waals surface area contributed by atoms with Gasteiger partial charge in [0.1, 0.15) is 6.61 Å². The van der Waals surface area contributed by atoms with Crippen LogP contribution in [-0.2, 0) is 14.3 Å². The zero-order valence-electron chi connectivity index (χ0n) is 13.6. The van der Waals surface area contributed by atoms with Gasteiger partial charge in [-0.15, -0.1) is 0 Å². The van der Waals surface area contributed by atoms with E-state index in [0.29, 0.717) is 6.61 Å². The lowest BCUT2D eigenvalue weighted by atomic mass is 10.2. The van der Waals surface area contributed by atoms with Crippen molar-refractivity contribution in [2.45, 2.75) is 19.3 Å². The summed E-state index contributed by atoms with van der Waals surface area (Å²) in [6.07, 6.45) is 3.13. The first-order chi connectivity index (χ1) is 10.2. The minimum atomic E-state index is -0.0674. The molecule has 0 spiro atoms. The fourth-order valence-electron chi connectivity index (χ4n) is 2.19. The van der Waals surface area contributed by atoms with Crippen LogP contribution in [0.15, 0.2) is 0 Å². The highest BCUT2D eigenvalue weighted by Crippen LogP contribution is 2.00. The minimum absolute atomic E-state index is 0.0674. The van der Waals surface area contributed by atoms with Crippen LogP contribution in [-0.4, -0.2) is 89.0 Å². The highest BCUT2D eigenvalue weighted by Gasteiger charge is 2.12. The van der Waals surface area contributed by atoms with Gasteiger partial charge in [0.2, 0.25) is 5.91 Å². The summed E-state index contributed by atoms with van der Waals surface area (Å²) >= 11 is 0. The Hall–Kier alpha value is -0.690. The van der Waals surface area contributed by atoms with Crippen molar-refractivity contribution in [3.63, 3.8) is 0 Å². The molecule has 1 amide bonds. The van der Waals surface area contributed by atoms with Crippen LogP contribution in [0, 0.1) is 0 Å². The van der Waals surface area contributed by atoms with Crippen LogP contribution >= 0.6 is 0 Å². The Morgan fingerprint density at radius 2 is 1.67 bits per heavy atom. The molecule has 6 nitrogen and oxygen atoms in total. The molecule has 0 saturated carbocycles. The largest absolute Gasteiger partial charge is 0.380 e. The number of unbranched alkanes of at least 4 members (excludes halogenated alkanes) is 2. The highest BCUT2D eigenvalue weighted by molar-refractivity contribution is 5.76. The maximum absolute atomic E-state index is 10.9. The van der Waals surface area contributed by atoms with Crippen LogP contribution in [0.5, 0.6) is 0 Å². The molecular formula is C15H31N3O3. The normalized spacial score (nSPS) is 17.0. The van der Waals surface area contributed by atoms with Crippen molar-refractivity contribution in [3.8, 4) is 0 Å². The Kier molecular flexibility index (Phi) is 10.4. The van der Waals surface area contributed by atoms with Crippen molar-refractivity contribution >= 4 is 5.91 Å². The highest BCUT2D eigenvalue weighted by atomic mass is 16.5. The predicted molar refractivity (Wildman–Crippen MR) is 83.5 cm³/mol. The number of nitrogens with zero attached hydrogens (tertiary/aromatic N) is 2. The number of nitrogens with one attached hydrogen (secondary N) is 1. The number of ether oxygens (including phenoxy) is 2.